The van der Waals surface area contributed by atoms with Crippen LogP contribution in [0, 0.1) is 5.41 Å². The van der Waals surface area contributed by atoms with Crippen molar-refractivity contribution in [1.82, 2.24) is 24.6 Å². The minimum Gasteiger partial charge on any atom is -0.379 e. The van der Waals surface area contributed by atoms with Crippen molar-refractivity contribution < 1.29 is 9.53 Å². The number of rotatable bonds is 7. The Morgan fingerprint density at radius 2 is 1.97 bits per heavy atom. The van der Waals surface area contributed by atoms with Crippen LogP contribution in [0.4, 0.5) is 5.69 Å². The number of carbonyl (C=O) groups is 1. The monoisotopic (exact) mass is 510 g/mol. The molecule has 3 aliphatic heterocycles. The first-order valence-electron chi connectivity index (χ1n) is 14.0. The molecule has 5 heterocycles. The Bertz CT molecular complexity index is 1440. The lowest BCUT2D eigenvalue weighted by Crippen LogP contribution is -2.49. The second-order valence-electron chi connectivity index (χ2n) is 12.6. The fourth-order valence-corrected chi connectivity index (χ4v) is 6.72. The summed E-state index contributed by atoms with van der Waals surface area (Å²) in [6.45, 7) is 6.51. The maximum absolute atomic E-state index is 13.9. The van der Waals surface area contributed by atoms with Crippen molar-refractivity contribution in [3.05, 3.63) is 70.6 Å². The summed E-state index contributed by atoms with van der Waals surface area (Å²) in [6, 6.07) is 10.8. The van der Waals surface area contributed by atoms with Gasteiger partial charge in [-0.15, -0.1) is 10.2 Å². The maximum Gasteiger partial charge on any atom is 0.259 e. The predicted molar refractivity (Wildman–Crippen MR) is 142 cm³/mol. The fourth-order valence-electron chi connectivity index (χ4n) is 6.72. The second-order valence-corrected chi connectivity index (χ2v) is 12.6. The quantitative estimate of drug-likeness (QED) is 0.480. The van der Waals surface area contributed by atoms with E-state index in [0.717, 1.165) is 34.8 Å². The van der Waals surface area contributed by atoms with Crippen LogP contribution < -0.4 is 4.90 Å². The minimum absolute atomic E-state index is 0.101. The van der Waals surface area contributed by atoms with Crippen LogP contribution in [0.15, 0.2) is 36.7 Å². The first-order chi connectivity index (χ1) is 18.4. The Morgan fingerprint density at radius 1 is 1.16 bits per heavy atom. The molecule has 1 amide bonds. The van der Waals surface area contributed by atoms with Gasteiger partial charge in [-0.2, -0.15) is 0 Å². The van der Waals surface area contributed by atoms with Gasteiger partial charge in [-0.3, -0.25) is 14.7 Å². The van der Waals surface area contributed by atoms with E-state index in [-0.39, 0.29) is 17.4 Å². The van der Waals surface area contributed by atoms with Gasteiger partial charge in [0.1, 0.15) is 12.2 Å². The molecule has 2 saturated carbocycles. The number of hydrogen-bond donors (Lipinski definition) is 0. The number of nitrogens with zero attached hydrogens (tertiary/aromatic N) is 6. The zero-order valence-corrected chi connectivity index (χ0v) is 22.2. The second kappa shape index (κ2) is 7.96. The highest BCUT2D eigenvalue weighted by atomic mass is 16.5. The van der Waals surface area contributed by atoms with Crippen molar-refractivity contribution in [1.29, 1.82) is 0 Å². The zero-order valence-electron chi connectivity index (χ0n) is 22.2. The molecule has 196 valence electrons. The number of likely N-dealkylation sites (tertiary alicyclic amines) is 1. The van der Waals surface area contributed by atoms with E-state index in [2.05, 4.69) is 52.4 Å². The summed E-state index contributed by atoms with van der Waals surface area (Å²) in [7, 11) is 1.98. The summed E-state index contributed by atoms with van der Waals surface area (Å²) >= 11 is 0. The standard InChI is InChI=1S/C30H34N6O2/c1-19(35-14-29(15-35)8-9-29)25-11-23-24(27(32-25)20-6-7-20)13-36(28(23)37)22-5-3-4-21(10-22)30(16-38-17-30)12-26-33-31-18-34(26)2/h3-5,10-11,18-20H,6-9,12-17H2,1-2H3. The molecule has 1 atom stereocenters. The summed E-state index contributed by atoms with van der Waals surface area (Å²) < 4.78 is 7.68. The number of carbonyl (C=O) groups excluding carboxylic acids is 1. The van der Waals surface area contributed by atoms with Gasteiger partial charge in [-0.1, -0.05) is 12.1 Å². The van der Waals surface area contributed by atoms with E-state index in [1.165, 1.54) is 50.0 Å². The van der Waals surface area contributed by atoms with E-state index in [9.17, 15) is 4.79 Å². The third-order valence-corrected chi connectivity index (χ3v) is 9.77. The van der Waals surface area contributed by atoms with Crippen molar-refractivity contribution >= 4 is 11.6 Å². The van der Waals surface area contributed by atoms with Gasteiger partial charge in [-0.05, 0) is 61.8 Å². The molecular weight excluding hydrogens is 476 g/mol. The van der Waals surface area contributed by atoms with Gasteiger partial charge in [0.15, 0.2) is 0 Å². The van der Waals surface area contributed by atoms with Crippen molar-refractivity contribution in [3.63, 3.8) is 0 Å². The molecule has 1 spiro atoms. The number of ether oxygens (including phenoxy) is 1. The average Bonchev–Trinajstić information content (AvgIpc) is 3.80. The molecule has 2 aromatic heterocycles. The number of fused-ring (bicyclic) bond motifs is 1. The Labute approximate surface area is 223 Å². The Morgan fingerprint density at radius 3 is 2.63 bits per heavy atom. The first-order valence-corrected chi connectivity index (χ1v) is 14.0. The van der Waals surface area contributed by atoms with E-state index in [4.69, 9.17) is 9.72 Å². The van der Waals surface area contributed by atoms with Crippen molar-refractivity contribution in [2.75, 3.05) is 31.2 Å². The molecule has 8 nitrogen and oxygen atoms in total. The van der Waals surface area contributed by atoms with Gasteiger partial charge in [0.25, 0.3) is 5.91 Å². The van der Waals surface area contributed by atoms with Crippen LogP contribution in [0.3, 0.4) is 0 Å². The predicted octanol–water partition coefficient (Wildman–Crippen LogP) is 3.92. The molecule has 2 aliphatic carbocycles. The topological polar surface area (TPSA) is 76.4 Å². The lowest BCUT2D eigenvalue weighted by Gasteiger charge is -2.43. The molecule has 2 saturated heterocycles. The number of amides is 1. The van der Waals surface area contributed by atoms with E-state index in [0.29, 0.717) is 31.1 Å². The van der Waals surface area contributed by atoms with Crippen molar-refractivity contribution in [2.24, 2.45) is 12.5 Å². The lowest BCUT2D eigenvalue weighted by molar-refractivity contribution is -0.0611. The van der Waals surface area contributed by atoms with Gasteiger partial charge in [0, 0.05) is 66.4 Å². The highest BCUT2D eigenvalue weighted by Crippen LogP contribution is 2.55. The number of pyridine rings is 1. The summed E-state index contributed by atoms with van der Waals surface area (Å²) in [5, 5.41) is 8.38. The molecule has 5 aliphatic rings. The van der Waals surface area contributed by atoms with E-state index in [1.54, 1.807) is 6.33 Å². The highest BCUT2D eigenvalue weighted by molar-refractivity contribution is 6.10. The van der Waals surface area contributed by atoms with Crippen LogP contribution >= 0.6 is 0 Å². The van der Waals surface area contributed by atoms with Gasteiger partial charge in [0.2, 0.25) is 0 Å². The first kappa shape index (κ1) is 22.8. The van der Waals surface area contributed by atoms with Crippen LogP contribution in [0.5, 0.6) is 0 Å². The zero-order chi connectivity index (χ0) is 25.6. The van der Waals surface area contributed by atoms with Crippen LogP contribution in [0.2, 0.25) is 0 Å². The van der Waals surface area contributed by atoms with Gasteiger partial charge in [-0.25, -0.2) is 0 Å². The molecule has 3 aromatic rings. The minimum atomic E-state index is -0.147. The number of aromatic nitrogens is 4. The van der Waals surface area contributed by atoms with Crippen LogP contribution in [-0.2, 0) is 30.2 Å². The summed E-state index contributed by atoms with van der Waals surface area (Å²) in [5.41, 5.74) is 6.84. The Hall–Kier alpha value is -3.10. The smallest absolute Gasteiger partial charge is 0.259 e. The molecule has 8 heteroatoms. The fraction of sp³-hybridized carbons (Fsp3) is 0.533. The molecule has 0 radical (unpaired) electrons. The van der Waals surface area contributed by atoms with Crippen LogP contribution in [-0.4, -0.2) is 56.9 Å². The number of aryl methyl sites for hydroxylation is 1. The van der Waals surface area contributed by atoms with Gasteiger partial charge >= 0.3 is 0 Å². The largest absolute Gasteiger partial charge is 0.379 e. The molecule has 0 bridgehead atoms. The Balaban J connectivity index is 1.10. The number of benzene rings is 1. The highest BCUT2D eigenvalue weighted by Gasteiger charge is 2.53. The summed E-state index contributed by atoms with van der Waals surface area (Å²) in [5.74, 6) is 1.55. The van der Waals surface area contributed by atoms with Crippen molar-refractivity contribution in [2.45, 2.75) is 62.9 Å². The molecule has 1 unspecified atom stereocenters. The lowest BCUT2D eigenvalue weighted by atomic mass is 9.75. The number of hydrogen-bond acceptors (Lipinski definition) is 6. The van der Waals surface area contributed by atoms with Crippen LogP contribution in [0.25, 0.3) is 0 Å². The molecule has 38 heavy (non-hydrogen) atoms. The SMILES string of the molecule is CC(c1cc2c(c(C3CC3)n1)CN(c1cccc(C3(Cc4nncn4C)COC3)c1)C2=O)N1CC2(CC2)C1. The van der Waals surface area contributed by atoms with E-state index in [1.807, 2.05) is 16.5 Å². The Kier molecular flexibility index (Phi) is 4.78. The summed E-state index contributed by atoms with van der Waals surface area (Å²) in [4.78, 5) is 23.6. The van der Waals surface area contributed by atoms with Gasteiger partial charge < -0.3 is 14.2 Å². The molecule has 4 fully saturated rings. The molecule has 1 aromatic carbocycles. The average molecular weight is 511 g/mol. The van der Waals surface area contributed by atoms with E-state index < -0.39 is 0 Å². The summed E-state index contributed by atoms with van der Waals surface area (Å²) in [6.07, 6.45) is 7.61. The maximum atomic E-state index is 13.9. The third-order valence-electron chi connectivity index (χ3n) is 9.77. The third kappa shape index (κ3) is 3.49. The van der Waals surface area contributed by atoms with Gasteiger partial charge in [0.05, 0.1) is 25.5 Å². The molecule has 8 rings (SSSR count). The normalized spacial score (nSPS) is 23.7. The van der Waals surface area contributed by atoms with E-state index >= 15 is 0 Å². The number of anilines is 1. The molecular formula is C30H34N6O2. The molecule has 0 N–H and O–H groups in total. The van der Waals surface area contributed by atoms with Crippen LogP contribution in [0.1, 0.15) is 83.3 Å². The van der Waals surface area contributed by atoms with Crippen molar-refractivity contribution in [3.8, 4) is 0 Å².